The third-order valence-corrected chi connectivity index (χ3v) is 6.02. The molecule has 1 aliphatic rings. The molecule has 1 fully saturated rings. The molecule has 0 radical (unpaired) electrons. The summed E-state index contributed by atoms with van der Waals surface area (Å²) in [5.74, 6) is -0.0783. The topological polar surface area (TPSA) is 71.8 Å². The maximum atomic E-state index is 13.0. The first-order chi connectivity index (χ1) is 14.8. The Morgan fingerprint density at radius 3 is 2.23 bits per heavy atom. The van der Waals surface area contributed by atoms with Crippen molar-refractivity contribution in [3.63, 3.8) is 0 Å². The zero-order chi connectivity index (χ0) is 22.5. The summed E-state index contributed by atoms with van der Waals surface area (Å²) in [6.45, 7) is 9.65. The molecule has 3 rings (SSSR count). The molecule has 2 aromatic rings. The molecule has 1 aromatic carbocycles. The summed E-state index contributed by atoms with van der Waals surface area (Å²) < 4.78 is 6.73. The highest BCUT2D eigenvalue weighted by Gasteiger charge is 2.22. The Hall–Kier alpha value is -2.93. The average Bonchev–Trinajstić information content (AvgIpc) is 3.06. The SMILES string of the molecule is COC(=O)CCn1c(C)cc(C(=O)CN2CCN(c3ccc(C(C)=O)cc3)CC2)c1C. The Labute approximate surface area is 183 Å². The van der Waals surface area contributed by atoms with Crippen molar-refractivity contribution in [1.82, 2.24) is 9.47 Å². The van der Waals surface area contributed by atoms with Crippen molar-refractivity contribution in [1.29, 1.82) is 0 Å². The van der Waals surface area contributed by atoms with Crippen LogP contribution in [0.2, 0.25) is 0 Å². The molecule has 7 nitrogen and oxygen atoms in total. The first-order valence-electron chi connectivity index (χ1n) is 10.6. The van der Waals surface area contributed by atoms with Gasteiger partial charge in [-0.1, -0.05) is 0 Å². The van der Waals surface area contributed by atoms with Gasteiger partial charge < -0.3 is 14.2 Å². The lowest BCUT2D eigenvalue weighted by Crippen LogP contribution is -2.48. The standard InChI is InChI=1S/C24H31N3O4/c1-17-15-22(18(2)27(17)10-9-24(30)31-4)23(29)16-25-11-13-26(14-12-25)21-7-5-20(6-8-21)19(3)28/h5-8,15H,9-14,16H2,1-4H3. The Morgan fingerprint density at radius 1 is 1.00 bits per heavy atom. The number of piperazine rings is 1. The van der Waals surface area contributed by atoms with Gasteiger partial charge in [-0.25, -0.2) is 0 Å². The van der Waals surface area contributed by atoms with Gasteiger partial charge in [-0.3, -0.25) is 19.3 Å². The van der Waals surface area contributed by atoms with Gasteiger partial charge in [0.25, 0.3) is 0 Å². The fourth-order valence-corrected chi connectivity index (χ4v) is 4.09. The summed E-state index contributed by atoms with van der Waals surface area (Å²) in [5, 5.41) is 0. The predicted octanol–water partition coefficient (Wildman–Crippen LogP) is 2.88. The number of Topliss-reactive ketones (excluding diaryl/α,β-unsaturated/α-hetero) is 2. The Balaban J connectivity index is 1.56. The molecular weight excluding hydrogens is 394 g/mol. The third-order valence-electron chi connectivity index (χ3n) is 6.02. The number of benzene rings is 1. The minimum Gasteiger partial charge on any atom is -0.469 e. The molecule has 1 aromatic heterocycles. The summed E-state index contributed by atoms with van der Waals surface area (Å²) in [6.07, 6.45) is 0.288. The second kappa shape index (κ2) is 9.92. The van der Waals surface area contributed by atoms with Crippen LogP contribution in [0.4, 0.5) is 5.69 Å². The van der Waals surface area contributed by atoms with Crippen molar-refractivity contribution in [3.05, 3.63) is 52.8 Å². The van der Waals surface area contributed by atoms with E-state index in [0.717, 1.165) is 54.4 Å². The fourth-order valence-electron chi connectivity index (χ4n) is 4.09. The van der Waals surface area contributed by atoms with Crippen LogP contribution in [0.3, 0.4) is 0 Å². The molecule has 0 aliphatic carbocycles. The molecule has 0 atom stereocenters. The van der Waals surface area contributed by atoms with Crippen LogP contribution < -0.4 is 4.90 Å². The summed E-state index contributed by atoms with van der Waals surface area (Å²) in [5.41, 5.74) is 4.42. The van der Waals surface area contributed by atoms with Crippen molar-refractivity contribution >= 4 is 23.2 Å². The molecule has 166 valence electrons. The van der Waals surface area contributed by atoms with E-state index in [9.17, 15) is 14.4 Å². The molecule has 1 saturated heterocycles. The van der Waals surface area contributed by atoms with Crippen LogP contribution in [-0.2, 0) is 16.1 Å². The number of anilines is 1. The Morgan fingerprint density at radius 2 is 1.65 bits per heavy atom. The third kappa shape index (κ3) is 5.41. The zero-order valence-corrected chi connectivity index (χ0v) is 18.8. The molecule has 0 bridgehead atoms. The van der Waals surface area contributed by atoms with Crippen LogP contribution in [0.5, 0.6) is 0 Å². The fraction of sp³-hybridized carbons (Fsp3) is 0.458. The number of rotatable bonds is 8. The van der Waals surface area contributed by atoms with Crippen LogP contribution in [-0.4, -0.2) is 66.8 Å². The molecule has 2 heterocycles. The molecule has 0 saturated carbocycles. The number of hydrogen-bond donors (Lipinski definition) is 0. The van der Waals surface area contributed by atoms with Crippen molar-refractivity contribution < 1.29 is 19.1 Å². The van der Waals surface area contributed by atoms with Crippen molar-refractivity contribution in [2.75, 3.05) is 44.7 Å². The first kappa shape index (κ1) is 22.7. The highest BCUT2D eigenvalue weighted by Crippen LogP contribution is 2.20. The monoisotopic (exact) mass is 425 g/mol. The van der Waals surface area contributed by atoms with Crippen molar-refractivity contribution in [3.8, 4) is 0 Å². The molecule has 7 heteroatoms. The highest BCUT2D eigenvalue weighted by atomic mass is 16.5. The lowest BCUT2D eigenvalue weighted by molar-refractivity contribution is -0.140. The van der Waals surface area contributed by atoms with Gasteiger partial charge in [0.15, 0.2) is 11.6 Å². The van der Waals surface area contributed by atoms with Gasteiger partial charge in [0, 0.05) is 60.9 Å². The van der Waals surface area contributed by atoms with E-state index < -0.39 is 0 Å². The van der Waals surface area contributed by atoms with Crippen LogP contribution in [0, 0.1) is 13.8 Å². The van der Waals surface area contributed by atoms with E-state index in [1.54, 1.807) is 6.92 Å². The van der Waals surface area contributed by atoms with Gasteiger partial charge in [0.1, 0.15) is 0 Å². The lowest BCUT2D eigenvalue weighted by Gasteiger charge is -2.35. The van der Waals surface area contributed by atoms with E-state index in [-0.39, 0.29) is 24.0 Å². The zero-order valence-electron chi connectivity index (χ0n) is 18.8. The Bertz CT molecular complexity index is 954. The molecule has 1 aliphatic heterocycles. The number of ether oxygens (including phenoxy) is 1. The number of aromatic nitrogens is 1. The minimum atomic E-state index is -0.255. The maximum absolute atomic E-state index is 13.0. The van der Waals surface area contributed by atoms with Gasteiger partial charge in [-0.15, -0.1) is 0 Å². The van der Waals surface area contributed by atoms with Gasteiger partial charge >= 0.3 is 5.97 Å². The van der Waals surface area contributed by atoms with Gasteiger partial charge in [0.2, 0.25) is 0 Å². The van der Waals surface area contributed by atoms with E-state index in [1.165, 1.54) is 7.11 Å². The first-order valence-corrected chi connectivity index (χ1v) is 10.6. The summed E-state index contributed by atoms with van der Waals surface area (Å²) >= 11 is 0. The van der Waals surface area contributed by atoms with E-state index in [1.807, 2.05) is 48.7 Å². The van der Waals surface area contributed by atoms with Crippen LogP contribution >= 0.6 is 0 Å². The number of carbonyl (C=O) groups is 3. The number of esters is 1. The van der Waals surface area contributed by atoms with Crippen molar-refractivity contribution in [2.45, 2.75) is 33.7 Å². The van der Waals surface area contributed by atoms with E-state index in [0.29, 0.717) is 13.1 Å². The number of methoxy groups -OCH3 is 1. The van der Waals surface area contributed by atoms with E-state index in [2.05, 4.69) is 9.80 Å². The molecule has 0 N–H and O–H groups in total. The molecule has 0 unspecified atom stereocenters. The molecular formula is C24H31N3O4. The average molecular weight is 426 g/mol. The normalized spacial score (nSPS) is 14.5. The van der Waals surface area contributed by atoms with Gasteiger partial charge in [-0.2, -0.15) is 0 Å². The molecule has 0 spiro atoms. The lowest BCUT2D eigenvalue weighted by atomic mass is 10.1. The summed E-state index contributed by atoms with van der Waals surface area (Å²) in [4.78, 5) is 40.3. The Kier molecular flexibility index (Phi) is 7.28. The quantitative estimate of drug-likeness (QED) is 0.478. The van der Waals surface area contributed by atoms with Gasteiger partial charge in [-0.05, 0) is 51.1 Å². The highest BCUT2D eigenvalue weighted by molar-refractivity contribution is 5.99. The molecule has 0 amide bonds. The summed E-state index contributed by atoms with van der Waals surface area (Å²) in [6, 6.07) is 9.62. The van der Waals surface area contributed by atoms with E-state index >= 15 is 0 Å². The largest absolute Gasteiger partial charge is 0.469 e. The van der Waals surface area contributed by atoms with E-state index in [4.69, 9.17) is 4.74 Å². The second-order valence-corrected chi connectivity index (χ2v) is 8.05. The number of carbonyl (C=O) groups excluding carboxylic acids is 3. The minimum absolute atomic E-state index is 0.0690. The van der Waals surface area contributed by atoms with Crippen LogP contribution in [0.1, 0.15) is 45.4 Å². The van der Waals surface area contributed by atoms with Gasteiger partial charge in [0.05, 0.1) is 20.1 Å². The van der Waals surface area contributed by atoms with Crippen LogP contribution in [0.25, 0.3) is 0 Å². The van der Waals surface area contributed by atoms with Crippen molar-refractivity contribution in [2.24, 2.45) is 0 Å². The number of ketones is 2. The number of hydrogen-bond acceptors (Lipinski definition) is 6. The molecule has 31 heavy (non-hydrogen) atoms. The summed E-state index contributed by atoms with van der Waals surface area (Å²) in [7, 11) is 1.38. The second-order valence-electron chi connectivity index (χ2n) is 8.05. The number of aryl methyl sites for hydroxylation is 1. The predicted molar refractivity (Wildman–Crippen MR) is 120 cm³/mol. The number of nitrogens with zero attached hydrogens (tertiary/aromatic N) is 3. The maximum Gasteiger partial charge on any atom is 0.307 e. The smallest absolute Gasteiger partial charge is 0.307 e. The van der Waals surface area contributed by atoms with Crippen LogP contribution in [0.15, 0.2) is 30.3 Å².